The summed E-state index contributed by atoms with van der Waals surface area (Å²) in [7, 11) is 15.1. The summed E-state index contributed by atoms with van der Waals surface area (Å²) in [5.74, 6) is 0.868. The van der Waals surface area contributed by atoms with Gasteiger partial charge in [-0.3, -0.25) is 0 Å². The molecule has 1 heterocycles. The Kier molecular flexibility index (Phi) is 7.47. The Bertz CT molecular complexity index is 1620. The Morgan fingerprint density at radius 3 is 2.13 bits per heavy atom. The Labute approximate surface area is 247 Å². The normalized spacial score (nSPS) is 16.5. The van der Waals surface area contributed by atoms with Crippen molar-refractivity contribution in [2.24, 2.45) is 0 Å². The van der Waals surface area contributed by atoms with Crippen molar-refractivity contribution >= 4 is 46.3 Å². The van der Waals surface area contributed by atoms with Crippen LogP contribution in [0.25, 0.3) is 28.3 Å². The van der Waals surface area contributed by atoms with Gasteiger partial charge in [0.15, 0.2) is 0 Å². The van der Waals surface area contributed by atoms with Gasteiger partial charge in [0.1, 0.15) is 0 Å². The van der Waals surface area contributed by atoms with Gasteiger partial charge in [0, 0.05) is 0 Å². The van der Waals surface area contributed by atoms with Crippen LogP contribution in [0.4, 0.5) is 0 Å². The number of hydrogen-bond donors (Lipinski definition) is 0. The van der Waals surface area contributed by atoms with Crippen LogP contribution < -0.4 is 13.6 Å². The maximum absolute atomic E-state index is 7.83. The summed E-state index contributed by atoms with van der Waals surface area (Å²) < 4.78 is 1.43. The summed E-state index contributed by atoms with van der Waals surface area (Å²) in [6.07, 6.45) is 3.43. The van der Waals surface area contributed by atoms with Crippen LogP contribution in [-0.4, -0.2) is 9.52 Å². The summed E-state index contributed by atoms with van der Waals surface area (Å²) in [6.45, 7) is 11.5. The number of benzene rings is 4. The van der Waals surface area contributed by atoms with Crippen LogP contribution >= 0.6 is 17.0 Å². The molecule has 0 fully saturated rings. The Morgan fingerprint density at radius 2 is 1.41 bits per heavy atom. The standard InChI is InChI=1S/C23H27.C12H9Si.2ClH.Zr/c1-6-17-13-18-11-12-20(16(4)5)23(22(18)14-17)21-10-8-7-9-19(21)15(2)3;1-3-7-11-9(5-1)10-6-2-4-8-12(10)13-11;;;/h7-16H,6H2,1-5H3;1-7H,13H2;2*1H;/q;;;;+2/p-2. The summed E-state index contributed by atoms with van der Waals surface area (Å²) in [5, 5.41) is 3.01. The average molecular weight is 647 g/mol. The van der Waals surface area contributed by atoms with E-state index in [-0.39, 0.29) is 3.63 Å². The number of halogens is 2. The first kappa shape index (κ1) is 27.5. The molecule has 0 saturated heterocycles. The third-order valence-corrected chi connectivity index (χ3v) is 23.1. The minimum absolute atomic E-state index is 0.123. The van der Waals surface area contributed by atoms with E-state index in [1.54, 1.807) is 0 Å². The first-order chi connectivity index (χ1) is 18.7. The van der Waals surface area contributed by atoms with Crippen molar-refractivity contribution in [1.82, 2.24) is 0 Å². The second kappa shape index (κ2) is 10.6. The molecule has 0 spiro atoms. The molecule has 0 aromatic heterocycles. The van der Waals surface area contributed by atoms with Gasteiger partial charge in [-0.2, -0.15) is 0 Å². The van der Waals surface area contributed by atoms with Crippen molar-refractivity contribution in [3.8, 4) is 22.3 Å². The zero-order chi connectivity index (χ0) is 27.5. The molecule has 198 valence electrons. The molecule has 4 heteroatoms. The minimum atomic E-state index is -3.95. The van der Waals surface area contributed by atoms with Crippen LogP contribution in [0, 0.1) is 0 Å². The third-order valence-electron chi connectivity index (χ3n) is 8.78. The van der Waals surface area contributed by atoms with Gasteiger partial charge in [-0.25, -0.2) is 0 Å². The van der Waals surface area contributed by atoms with Crippen molar-refractivity contribution in [3.05, 3.63) is 107 Å². The topological polar surface area (TPSA) is 0 Å². The molecule has 1 unspecified atom stereocenters. The first-order valence-electron chi connectivity index (χ1n) is 14.3. The average Bonchev–Trinajstić information content (AvgIpc) is 3.51. The quantitative estimate of drug-likeness (QED) is 0.163. The van der Waals surface area contributed by atoms with Crippen molar-refractivity contribution in [2.75, 3.05) is 0 Å². The molecule has 4 aromatic rings. The van der Waals surface area contributed by atoms with Crippen LogP contribution in [-0.2, 0) is 17.9 Å². The van der Waals surface area contributed by atoms with E-state index in [0.717, 1.165) is 6.42 Å². The van der Waals surface area contributed by atoms with Gasteiger partial charge >= 0.3 is 250 Å². The van der Waals surface area contributed by atoms with Crippen LogP contribution in [0.15, 0.2) is 84.4 Å². The number of allylic oxidation sites excluding steroid dienone is 1. The monoisotopic (exact) mass is 644 g/mol. The van der Waals surface area contributed by atoms with E-state index in [9.17, 15) is 0 Å². The second-order valence-corrected chi connectivity index (χ2v) is 27.6. The molecular formula is C35H36Cl2SiZr. The Balaban J connectivity index is 1.56. The molecular weight excluding hydrogens is 611 g/mol. The van der Waals surface area contributed by atoms with Crippen molar-refractivity contribution in [1.29, 1.82) is 0 Å². The molecule has 1 atom stereocenters. The van der Waals surface area contributed by atoms with E-state index >= 15 is 0 Å². The first-order valence-corrected chi connectivity index (χ1v) is 24.7. The molecule has 1 aliphatic heterocycles. The predicted octanol–water partition coefficient (Wildman–Crippen LogP) is 8.34. The second-order valence-electron chi connectivity index (χ2n) is 11.7. The molecule has 2 aliphatic rings. The number of hydrogen-bond acceptors (Lipinski definition) is 0. The van der Waals surface area contributed by atoms with Gasteiger partial charge in [-0.15, -0.1) is 0 Å². The molecule has 0 N–H and O–H groups in total. The van der Waals surface area contributed by atoms with Gasteiger partial charge in [0.05, 0.1) is 0 Å². The summed E-state index contributed by atoms with van der Waals surface area (Å²) in [4.78, 5) is 0. The van der Waals surface area contributed by atoms with E-state index < -0.39 is 27.4 Å². The van der Waals surface area contributed by atoms with E-state index in [4.69, 9.17) is 17.0 Å². The van der Waals surface area contributed by atoms with Crippen molar-refractivity contribution < 1.29 is 17.9 Å². The zero-order valence-electron chi connectivity index (χ0n) is 23.5. The Hall–Kier alpha value is -1.70. The molecule has 4 aromatic carbocycles. The SMILES string of the molecule is CCC1=Cc2c(ccc(C(C)C)c2-c2ccccc2C(C)C)[CH]1[Zr]([Cl])([Cl])[c]1cccc2c1[SiH2]c1ccccc1-2. The molecule has 1 aliphatic carbocycles. The van der Waals surface area contributed by atoms with Crippen molar-refractivity contribution in [2.45, 2.75) is 56.5 Å². The molecule has 39 heavy (non-hydrogen) atoms. The summed E-state index contributed by atoms with van der Waals surface area (Å²) in [6, 6.07) is 29.3. The molecule has 0 bridgehead atoms. The van der Waals surface area contributed by atoms with Gasteiger partial charge in [-0.05, 0) is 0 Å². The number of fused-ring (bicyclic) bond motifs is 4. The van der Waals surface area contributed by atoms with Crippen LogP contribution in [0.3, 0.4) is 0 Å². The fraction of sp³-hybridized carbons (Fsp3) is 0.257. The van der Waals surface area contributed by atoms with Crippen LogP contribution in [0.2, 0.25) is 0 Å². The van der Waals surface area contributed by atoms with Gasteiger partial charge in [0.25, 0.3) is 0 Å². The summed E-state index contributed by atoms with van der Waals surface area (Å²) in [5.41, 5.74) is 12.4. The number of rotatable bonds is 6. The summed E-state index contributed by atoms with van der Waals surface area (Å²) >= 11 is -3.95. The van der Waals surface area contributed by atoms with E-state index in [1.807, 2.05) is 0 Å². The fourth-order valence-corrected chi connectivity index (χ4v) is 23.9. The molecule has 0 saturated carbocycles. The molecule has 0 radical (unpaired) electrons. The molecule has 0 amide bonds. The van der Waals surface area contributed by atoms with Crippen LogP contribution in [0.1, 0.15) is 78.8 Å². The molecule has 6 rings (SSSR count). The van der Waals surface area contributed by atoms with E-state index in [0.29, 0.717) is 11.8 Å². The van der Waals surface area contributed by atoms with Crippen molar-refractivity contribution in [3.63, 3.8) is 0 Å². The van der Waals surface area contributed by atoms with Gasteiger partial charge in [-0.1, -0.05) is 0 Å². The predicted molar refractivity (Wildman–Crippen MR) is 172 cm³/mol. The fourth-order valence-electron chi connectivity index (χ4n) is 6.90. The molecule has 0 nitrogen and oxygen atoms in total. The van der Waals surface area contributed by atoms with E-state index in [2.05, 4.69) is 120 Å². The van der Waals surface area contributed by atoms with Gasteiger partial charge in [0.2, 0.25) is 0 Å². The van der Waals surface area contributed by atoms with Crippen LogP contribution in [0.5, 0.6) is 0 Å². The Morgan fingerprint density at radius 1 is 0.744 bits per heavy atom. The third kappa shape index (κ3) is 4.51. The maximum atomic E-state index is 7.83. The van der Waals surface area contributed by atoms with Gasteiger partial charge < -0.3 is 0 Å². The zero-order valence-corrected chi connectivity index (χ0v) is 28.9. The van der Waals surface area contributed by atoms with E-state index in [1.165, 1.54) is 63.7 Å².